The van der Waals surface area contributed by atoms with Crippen molar-refractivity contribution < 1.29 is 4.79 Å². The van der Waals surface area contributed by atoms with Gasteiger partial charge >= 0.3 is 0 Å². The zero-order valence-corrected chi connectivity index (χ0v) is 14.3. The Bertz CT molecular complexity index is 625. The summed E-state index contributed by atoms with van der Waals surface area (Å²) in [5, 5.41) is 3.06. The van der Waals surface area contributed by atoms with E-state index in [0.29, 0.717) is 12.5 Å². The highest BCUT2D eigenvalue weighted by Crippen LogP contribution is 2.26. The molecule has 0 spiro atoms. The zero-order valence-electron chi connectivity index (χ0n) is 14.3. The lowest BCUT2D eigenvalue weighted by atomic mass is 9.97. The first-order valence-corrected chi connectivity index (χ1v) is 8.21. The summed E-state index contributed by atoms with van der Waals surface area (Å²) in [6, 6.07) is 18.3. The summed E-state index contributed by atoms with van der Waals surface area (Å²) in [7, 11) is 1.97. The maximum Gasteiger partial charge on any atom is 0.238 e. The van der Waals surface area contributed by atoms with E-state index in [1.165, 1.54) is 11.1 Å². The molecule has 0 fully saturated rings. The average molecular weight is 310 g/mol. The highest BCUT2D eigenvalue weighted by Gasteiger charge is 2.12. The summed E-state index contributed by atoms with van der Waals surface area (Å²) in [5.74, 6) is 0.465. The first kappa shape index (κ1) is 17.2. The second-order valence-corrected chi connectivity index (χ2v) is 6.10. The summed E-state index contributed by atoms with van der Waals surface area (Å²) < 4.78 is 0. The van der Waals surface area contributed by atoms with Crippen molar-refractivity contribution in [3.63, 3.8) is 0 Å². The van der Waals surface area contributed by atoms with E-state index < -0.39 is 0 Å². The minimum absolute atomic E-state index is 0.0270. The highest BCUT2D eigenvalue weighted by molar-refractivity contribution is 5.93. The van der Waals surface area contributed by atoms with Crippen molar-refractivity contribution in [3.8, 4) is 0 Å². The van der Waals surface area contributed by atoms with Gasteiger partial charge in [-0.15, -0.1) is 0 Å². The van der Waals surface area contributed by atoms with Gasteiger partial charge in [0.05, 0.1) is 6.54 Å². The predicted molar refractivity (Wildman–Crippen MR) is 96.6 cm³/mol. The van der Waals surface area contributed by atoms with Gasteiger partial charge in [-0.25, -0.2) is 0 Å². The smallest absolute Gasteiger partial charge is 0.238 e. The number of hydrogen-bond donors (Lipinski definition) is 1. The molecule has 122 valence electrons. The number of rotatable bonds is 7. The van der Waals surface area contributed by atoms with E-state index in [9.17, 15) is 4.79 Å². The standard InChI is InChI=1S/C20H26N2O/c1-4-16(2)18-12-8-9-13-19(18)21-20(23)15-22(3)14-17-10-6-5-7-11-17/h5-13,16H,4,14-15H2,1-3H3,(H,21,23). The first-order chi connectivity index (χ1) is 11.1. The Morgan fingerprint density at radius 2 is 1.74 bits per heavy atom. The Kier molecular flexibility index (Phi) is 6.36. The van der Waals surface area contributed by atoms with Gasteiger partial charge < -0.3 is 5.32 Å². The Hall–Kier alpha value is -2.13. The molecule has 3 heteroatoms. The summed E-state index contributed by atoms with van der Waals surface area (Å²) in [6.07, 6.45) is 1.06. The number of amides is 1. The molecular weight excluding hydrogens is 284 g/mol. The molecule has 0 radical (unpaired) electrons. The van der Waals surface area contributed by atoms with Crippen molar-refractivity contribution in [1.29, 1.82) is 0 Å². The van der Waals surface area contributed by atoms with Crippen LogP contribution in [0.15, 0.2) is 54.6 Å². The second-order valence-electron chi connectivity index (χ2n) is 6.10. The Balaban J connectivity index is 1.94. The van der Waals surface area contributed by atoms with Crippen molar-refractivity contribution in [2.75, 3.05) is 18.9 Å². The Labute approximate surface area is 139 Å². The van der Waals surface area contributed by atoms with Crippen molar-refractivity contribution in [2.24, 2.45) is 0 Å². The molecule has 1 atom stereocenters. The van der Waals surface area contributed by atoms with E-state index in [1.807, 2.05) is 48.3 Å². The second kappa shape index (κ2) is 8.49. The minimum Gasteiger partial charge on any atom is -0.325 e. The molecule has 2 rings (SSSR count). The molecule has 3 nitrogen and oxygen atoms in total. The molecule has 23 heavy (non-hydrogen) atoms. The summed E-state index contributed by atoms with van der Waals surface area (Å²) in [5.41, 5.74) is 3.34. The maximum atomic E-state index is 12.3. The van der Waals surface area contributed by atoms with Crippen molar-refractivity contribution in [3.05, 3.63) is 65.7 Å². The first-order valence-electron chi connectivity index (χ1n) is 8.21. The molecule has 1 unspecified atom stereocenters. The van der Waals surface area contributed by atoms with Crippen LogP contribution in [0.3, 0.4) is 0 Å². The Morgan fingerprint density at radius 3 is 2.43 bits per heavy atom. The number of likely N-dealkylation sites (N-methyl/N-ethyl adjacent to an activating group) is 1. The molecule has 0 saturated carbocycles. The van der Waals surface area contributed by atoms with Crippen LogP contribution in [0.5, 0.6) is 0 Å². The van der Waals surface area contributed by atoms with E-state index in [1.54, 1.807) is 0 Å². The molecule has 1 amide bonds. The molecule has 0 aliphatic rings. The number of hydrogen-bond acceptors (Lipinski definition) is 2. The van der Waals surface area contributed by atoms with E-state index in [2.05, 4.69) is 37.4 Å². The number of nitrogens with one attached hydrogen (secondary N) is 1. The molecule has 0 bridgehead atoms. The van der Waals surface area contributed by atoms with Gasteiger partial charge in [-0.05, 0) is 36.6 Å². The molecule has 2 aromatic carbocycles. The number of para-hydroxylation sites is 1. The van der Waals surface area contributed by atoms with Gasteiger partial charge in [0.25, 0.3) is 0 Å². The van der Waals surface area contributed by atoms with Crippen molar-refractivity contribution >= 4 is 11.6 Å². The van der Waals surface area contributed by atoms with E-state index in [4.69, 9.17) is 0 Å². The van der Waals surface area contributed by atoms with Crippen LogP contribution < -0.4 is 5.32 Å². The summed E-state index contributed by atoms with van der Waals surface area (Å²) in [4.78, 5) is 14.3. The summed E-state index contributed by atoms with van der Waals surface area (Å²) >= 11 is 0. The molecule has 0 heterocycles. The van der Waals surface area contributed by atoms with E-state index >= 15 is 0 Å². The monoisotopic (exact) mass is 310 g/mol. The average Bonchev–Trinajstić information content (AvgIpc) is 2.55. The van der Waals surface area contributed by atoms with Crippen LogP contribution in [0.4, 0.5) is 5.69 Å². The van der Waals surface area contributed by atoms with E-state index in [0.717, 1.165) is 18.7 Å². The largest absolute Gasteiger partial charge is 0.325 e. The van der Waals surface area contributed by atoms with Crippen LogP contribution in [0.1, 0.15) is 37.3 Å². The summed E-state index contributed by atoms with van der Waals surface area (Å²) in [6.45, 7) is 5.49. The maximum absolute atomic E-state index is 12.3. The third-order valence-electron chi connectivity index (χ3n) is 4.09. The van der Waals surface area contributed by atoms with Gasteiger partial charge in [0.15, 0.2) is 0 Å². The van der Waals surface area contributed by atoms with E-state index in [-0.39, 0.29) is 5.91 Å². The molecule has 0 aromatic heterocycles. The number of benzene rings is 2. The van der Waals surface area contributed by atoms with Crippen LogP contribution in [0.2, 0.25) is 0 Å². The predicted octanol–water partition coefficient (Wildman–Crippen LogP) is 4.27. The van der Waals surface area contributed by atoms with Gasteiger partial charge in [0, 0.05) is 12.2 Å². The topological polar surface area (TPSA) is 32.3 Å². The van der Waals surface area contributed by atoms with Crippen molar-refractivity contribution in [1.82, 2.24) is 4.90 Å². The van der Waals surface area contributed by atoms with Crippen LogP contribution in [0.25, 0.3) is 0 Å². The zero-order chi connectivity index (χ0) is 16.7. The van der Waals surface area contributed by atoms with Crippen LogP contribution >= 0.6 is 0 Å². The molecule has 0 aliphatic carbocycles. The molecule has 0 saturated heterocycles. The quantitative estimate of drug-likeness (QED) is 0.828. The lowest BCUT2D eigenvalue weighted by Gasteiger charge is -2.19. The fraction of sp³-hybridized carbons (Fsp3) is 0.350. The van der Waals surface area contributed by atoms with Crippen LogP contribution in [-0.4, -0.2) is 24.4 Å². The minimum atomic E-state index is 0.0270. The van der Waals surface area contributed by atoms with Gasteiger partial charge in [-0.2, -0.15) is 0 Å². The van der Waals surface area contributed by atoms with Gasteiger partial charge in [-0.3, -0.25) is 9.69 Å². The normalized spacial score (nSPS) is 12.2. The van der Waals surface area contributed by atoms with Gasteiger partial charge in [0.2, 0.25) is 5.91 Å². The third-order valence-corrected chi connectivity index (χ3v) is 4.09. The number of carbonyl (C=O) groups is 1. The van der Waals surface area contributed by atoms with Gasteiger partial charge in [0.1, 0.15) is 0 Å². The van der Waals surface area contributed by atoms with Crippen LogP contribution in [-0.2, 0) is 11.3 Å². The number of nitrogens with zero attached hydrogens (tertiary/aromatic N) is 1. The Morgan fingerprint density at radius 1 is 1.09 bits per heavy atom. The molecular formula is C20H26N2O. The van der Waals surface area contributed by atoms with Crippen LogP contribution in [0, 0.1) is 0 Å². The SMILES string of the molecule is CCC(C)c1ccccc1NC(=O)CN(C)Cc1ccccc1. The molecule has 1 N–H and O–H groups in total. The van der Waals surface area contributed by atoms with Crippen molar-refractivity contribution in [2.45, 2.75) is 32.7 Å². The lowest BCUT2D eigenvalue weighted by molar-refractivity contribution is -0.117. The number of carbonyl (C=O) groups excluding carboxylic acids is 1. The molecule has 0 aliphatic heterocycles. The fourth-order valence-electron chi connectivity index (χ4n) is 2.65. The number of anilines is 1. The fourth-order valence-corrected chi connectivity index (χ4v) is 2.65. The highest BCUT2D eigenvalue weighted by atomic mass is 16.2. The third kappa shape index (κ3) is 5.22. The molecule has 2 aromatic rings. The van der Waals surface area contributed by atoms with Gasteiger partial charge in [-0.1, -0.05) is 62.4 Å². The lowest BCUT2D eigenvalue weighted by Crippen LogP contribution is -2.30.